The molecule has 0 saturated heterocycles. The fraction of sp³-hybridized carbons (Fsp3) is 0.176. The minimum Gasteiger partial charge on any atom is -0.324 e. The van der Waals surface area contributed by atoms with Crippen molar-refractivity contribution < 1.29 is 18.0 Å². The summed E-state index contributed by atoms with van der Waals surface area (Å²) in [5.74, 6) is -1.79. The lowest BCUT2D eigenvalue weighted by molar-refractivity contribution is -0.128. The van der Waals surface area contributed by atoms with Crippen LogP contribution in [0.15, 0.2) is 47.4 Å². The average Bonchev–Trinajstić information content (AvgIpc) is 2.67. The van der Waals surface area contributed by atoms with Crippen LogP contribution in [0, 0.1) is 12.8 Å². The molecule has 7 nitrogen and oxygen atoms in total. The summed E-state index contributed by atoms with van der Waals surface area (Å²) in [6.07, 6.45) is 0. The van der Waals surface area contributed by atoms with Crippen LogP contribution in [0.4, 0.5) is 17.1 Å². The third kappa shape index (κ3) is 3.48. The minimum atomic E-state index is -3.83. The van der Waals surface area contributed by atoms with E-state index in [0.717, 1.165) is 5.56 Å². The number of fused-ring (bicyclic) bond motifs is 1. The zero-order valence-corrected chi connectivity index (χ0v) is 14.5. The van der Waals surface area contributed by atoms with Gasteiger partial charge >= 0.3 is 0 Å². The molecule has 0 aromatic heterocycles. The largest absolute Gasteiger partial charge is 0.324 e. The molecular formula is C17H17N3O4S. The number of anilines is 3. The number of carbonyl (C=O) groups excluding carboxylic acids is 2. The fourth-order valence-electron chi connectivity index (χ4n) is 2.34. The Morgan fingerprint density at radius 3 is 2.16 bits per heavy atom. The van der Waals surface area contributed by atoms with E-state index in [4.69, 9.17) is 0 Å². The molecule has 1 heterocycles. The molecule has 1 aliphatic heterocycles. The molecule has 2 aromatic carbocycles. The highest BCUT2D eigenvalue weighted by Gasteiger charge is 2.27. The van der Waals surface area contributed by atoms with Gasteiger partial charge in [0.1, 0.15) is 5.92 Å². The van der Waals surface area contributed by atoms with Crippen LogP contribution in [0.1, 0.15) is 12.5 Å². The van der Waals surface area contributed by atoms with Crippen LogP contribution < -0.4 is 15.4 Å². The number of amides is 2. The van der Waals surface area contributed by atoms with E-state index < -0.39 is 27.8 Å². The van der Waals surface area contributed by atoms with Crippen molar-refractivity contribution in [3.05, 3.63) is 48.0 Å². The quantitative estimate of drug-likeness (QED) is 0.732. The highest BCUT2D eigenvalue weighted by molar-refractivity contribution is 7.92. The van der Waals surface area contributed by atoms with Gasteiger partial charge in [-0.1, -0.05) is 17.7 Å². The van der Waals surface area contributed by atoms with Gasteiger partial charge in [0.2, 0.25) is 11.8 Å². The molecule has 0 radical (unpaired) electrons. The van der Waals surface area contributed by atoms with Crippen molar-refractivity contribution in [3.63, 3.8) is 0 Å². The van der Waals surface area contributed by atoms with E-state index in [1.54, 1.807) is 24.3 Å². The van der Waals surface area contributed by atoms with E-state index in [2.05, 4.69) is 15.4 Å². The van der Waals surface area contributed by atoms with Crippen LogP contribution in [0.5, 0.6) is 0 Å². The molecule has 1 aliphatic rings. The van der Waals surface area contributed by atoms with E-state index in [1.807, 2.05) is 6.92 Å². The van der Waals surface area contributed by atoms with E-state index in [-0.39, 0.29) is 10.6 Å². The first-order chi connectivity index (χ1) is 11.8. The minimum absolute atomic E-state index is 0.0177. The Morgan fingerprint density at radius 1 is 0.920 bits per heavy atom. The number of benzene rings is 2. The third-order valence-electron chi connectivity index (χ3n) is 3.91. The van der Waals surface area contributed by atoms with Crippen LogP contribution in [0.25, 0.3) is 0 Å². The van der Waals surface area contributed by atoms with Crippen molar-refractivity contribution in [2.75, 3.05) is 15.4 Å². The summed E-state index contributed by atoms with van der Waals surface area (Å²) in [7, 11) is -3.83. The molecule has 3 rings (SSSR count). The van der Waals surface area contributed by atoms with E-state index in [0.29, 0.717) is 11.4 Å². The van der Waals surface area contributed by atoms with Crippen molar-refractivity contribution >= 4 is 38.9 Å². The molecule has 130 valence electrons. The van der Waals surface area contributed by atoms with Crippen LogP contribution in [-0.2, 0) is 19.6 Å². The lowest BCUT2D eigenvalue weighted by Gasteiger charge is -2.12. The first-order valence-electron chi connectivity index (χ1n) is 7.61. The normalized spacial score (nSPS) is 17.1. The van der Waals surface area contributed by atoms with Gasteiger partial charge in [-0.3, -0.25) is 14.3 Å². The second kappa shape index (κ2) is 6.21. The molecule has 2 aromatic rings. The summed E-state index contributed by atoms with van der Waals surface area (Å²) >= 11 is 0. The first kappa shape index (κ1) is 17.0. The van der Waals surface area contributed by atoms with Gasteiger partial charge in [-0.25, -0.2) is 8.42 Å². The predicted octanol–water partition coefficient (Wildman–Crippen LogP) is 2.32. The van der Waals surface area contributed by atoms with Crippen LogP contribution in [-0.4, -0.2) is 20.2 Å². The van der Waals surface area contributed by atoms with Crippen LogP contribution in [0.2, 0.25) is 0 Å². The Balaban J connectivity index is 1.93. The standard InChI is InChI=1S/C17H17N3O4S/c1-10-3-5-12(6-4-10)20-25(23,24)13-7-8-14-15(9-13)19-17(22)11(2)16(21)18-14/h3-9,11,20H,1-2H3,(H,18,21)(H,19,22). The first-order valence-corrected chi connectivity index (χ1v) is 9.10. The maximum absolute atomic E-state index is 12.6. The molecule has 0 bridgehead atoms. The number of aryl methyl sites for hydroxylation is 1. The molecule has 0 aliphatic carbocycles. The zero-order valence-electron chi connectivity index (χ0n) is 13.7. The van der Waals surface area contributed by atoms with Crippen molar-refractivity contribution in [1.29, 1.82) is 0 Å². The number of sulfonamides is 1. The van der Waals surface area contributed by atoms with Crippen molar-refractivity contribution in [2.24, 2.45) is 5.92 Å². The SMILES string of the molecule is Cc1ccc(NS(=O)(=O)c2ccc3c(c2)NC(=O)C(C)C(=O)N3)cc1. The summed E-state index contributed by atoms with van der Waals surface area (Å²) in [5, 5.41) is 5.17. The highest BCUT2D eigenvalue weighted by atomic mass is 32.2. The topological polar surface area (TPSA) is 104 Å². The second-order valence-electron chi connectivity index (χ2n) is 5.88. The summed E-state index contributed by atoms with van der Waals surface area (Å²) in [6.45, 7) is 3.38. The van der Waals surface area contributed by atoms with Gasteiger partial charge in [0.05, 0.1) is 16.3 Å². The molecule has 1 atom stereocenters. The van der Waals surface area contributed by atoms with Crippen molar-refractivity contribution in [2.45, 2.75) is 18.7 Å². The van der Waals surface area contributed by atoms with Gasteiger partial charge in [0, 0.05) is 5.69 Å². The monoisotopic (exact) mass is 359 g/mol. The predicted molar refractivity (Wildman–Crippen MR) is 94.9 cm³/mol. The van der Waals surface area contributed by atoms with Gasteiger partial charge in [0.15, 0.2) is 0 Å². The summed E-state index contributed by atoms with van der Waals surface area (Å²) < 4.78 is 27.6. The van der Waals surface area contributed by atoms with E-state index in [1.165, 1.54) is 25.1 Å². The molecular weight excluding hydrogens is 342 g/mol. The molecule has 3 N–H and O–H groups in total. The molecule has 0 saturated carbocycles. The van der Waals surface area contributed by atoms with Gasteiger partial charge in [0.25, 0.3) is 10.0 Å². The second-order valence-corrected chi connectivity index (χ2v) is 7.56. The molecule has 0 fully saturated rings. The van der Waals surface area contributed by atoms with E-state index in [9.17, 15) is 18.0 Å². The van der Waals surface area contributed by atoms with Gasteiger partial charge in [-0.05, 0) is 44.2 Å². The lowest BCUT2D eigenvalue weighted by atomic mass is 10.1. The van der Waals surface area contributed by atoms with E-state index >= 15 is 0 Å². The summed E-state index contributed by atoms with van der Waals surface area (Å²) in [4.78, 5) is 23.8. The Labute approximate surface area is 145 Å². The van der Waals surface area contributed by atoms with Crippen molar-refractivity contribution in [1.82, 2.24) is 0 Å². The molecule has 25 heavy (non-hydrogen) atoms. The number of carbonyl (C=O) groups is 2. The van der Waals surface area contributed by atoms with Gasteiger partial charge in [-0.15, -0.1) is 0 Å². The van der Waals surface area contributed by atoms with Crippen LogP contribution in [0.3, 0.4) is 0 Å². The Bertz CT molecular complexity index is 952. The highest BCUT2D eigenvalue weighted by Crippen LogP contribution is 2.29. The Kier molecular flexibility index (Phi) is 4.22. The summed E-state index contributed by atoms with van der Waals surface area (Å²) in [6, 6.07) is 11.1. The Hall–Kier alpha value is -2.87. The van der Waals surface area contributed by atoms with Crippen molar-refractivity contribution in [3.8, 4) is 0 Å². The molecule has 0 spiro atoms. The van der Waals surface area contributed by atoms with Gasteiger partial charge < -0.3 is 10.6 Å². The fourth-order valence-corrected chi connectivity index (χ4v) is 3.42. The maximum atomic E-state index is 12.6. The molecule has 2 amide bonds. The maximum Gasteiger partial charge on any atom is 0.261 e. The Morgan fingerprint density at radius 2 is 1.52 bits per heavy atom. The number of hydrogen-bond acceptors (Lipinski definition) is 4. The smallest absolute Gasteiger partial charge is 0.261 e. The summed E-state index contributed by atoms with van der Waals surface area (Å²) in [5.41, 5.74) is 2.05. The number of hydrogen-bond donors (Lipinski definition) is 3. The number of rotatable bonds is 3. The lowest BCUT2D eigenvalue weighted by Crippen LogP contribution is -2.28. The molecule has 1 unspecified atom stereocenters. The number of nitrogens with one attached hydrogen (secondary N) is 3. The molecule has 8 heteroatoms. The van der Waals surface area contributed by atoms with Gasteiger partial charge in [-0.2, -0.15) is 0 Å². The third-order valence-corrected chi connectivity index (χ3v) is 5.29. The van der Waals surface area contributed by atoms with Crippen LogP contribution >= 0.6 is 0 Å². The average molecular weight is 359 g/mol. The zero-order chi connectivity index (χ0) is 18.2.